The van der Waals surface area contributed by atoms with E-state index in [2.05, 4.69) is 15.6 Å². The lowest BCUT2D eigenvalue weighted by Crippen LogP contribution is -2.45. The number of aryl methyl sites for hydroxylation is 1. The normalized spacial score (nSPS) is 17.3. The summed E-state index contributed by atoms with van der Waals surface area (Å²) >= 11 is 5.86. The summed E-state index contributed by atoms with van der Waals surface area (Å²) < 4.78 is 7.24. The van der Waals surface area contributed by atoms with Crippen LogP contribution in [0.15, 0.2) is 65.7 Å². The molecule has 9 nitrogen and oxygen atoms in total. The van der Waals surface area contributed by atoms with E-state index in [1.807, 2.05) is 19.9 Å². The second-order valence-electron chi connectivity index (χ2n) is 8.17. The van der Waals surface area contributed by atoms with Gasteiger partial charge in [0, 0.05) is 49.4 Å². The Kier molecular flexibility index (Phi) is 7.48. The molecule has 0 spiro atoms. The van der Waals surface area contributed by atoms with Crippen molar-refractivity contribution >= 4 is 35.0 Å². The molecule has 10 heteroatoms. The van der Waals surface area contributed by atoms with Crippen LogP contribution in [0.1, 0.15) is 18.9 Å². The summed E-state index contributed by atoms with van der Waals surface area (Å²) in [5.74, 6) is 0.0140. The lowest BCUT2D eigenvalue weighted by molar-refractivity contribution is -0.119. The fourth-order valence-electron chi connectivity index (χ4n) is 4.05. The van der Waals surface area contributed by atoms with Crippen molar-refractivity contribution in [1.29, 1.82) is 0 Å². The molecule has 0 radical (unpaired) electrons. The average Bonchev–Trinajstić information content (AvgIpc) is 3.27. The van der Waals surface area contributed by atoms with E-state index >= 15 is 0 Å². The number of likely N-dealkylation sites (tertiary alicyclic amines) is 1. The van der Waals surface area contributed by atoms with Crippen molar-refractivity contribution < 1.29 is 14.3 Å². The number of anilines is 2. The van der Waals surface area contributed by atoms with Gasteiger partial charge >= 0.3 is 6.03 Å². The molecule has 1 saturated heterocycles. The third-order valence-corrected chi connectivity index (χ3v) is 5.98. The number of amides is 3. The van der Waals surface area contributed by atoms with E-state index in [4.69, 9.17) is 16.3 Å². The Hall–Kier alpha value is -3.69. The van der Waals surface area contributed by atoms with Crippen LogP contribution >= 0.6 is 11.6 Å². The van der Waals surface area contributed by atoms with E-state index in [1.54, 1.807) is 42.6 Å². The first-order valence-corrected chi connectivity index (χ1v) is 11.6. The summed E-state index contributed by atoms with van der Waals surface area (Å²) in [6.45, 7) is 4.48. The summed E-state index contributed by atoms with van der Waals surface area (Å²) in [4.78, 5) is 43.9. The Labute approximate surface area is 207 Å². The number of hydrogen-bond donors (Lipinski definition) is 2. The second-order valence-corrected chi connectivity index (χ2v) is 8.61. The number of rotatable bonds is 6. The number of nitrogens with zero attached hydrogens (tertiary/aromatic N) is 3. The standard InChI is InChI=1S/C25H26ClN5O4/c1-3-35-19-13-21(31(15-19)25(34)29-22-10-7-17(26)14-27-22)24(33)28-20-9-8-18(12-16(20)2)30-11-5-4-6-23(30)32/h4-12,14,19,21H,3,13,15H2,1-2H3,(H,28,33)(H,27,29,34)/t19-,21-/m1/s1. The number of urea groups is 1. The van der Waals surface area contributed by atoms with Gasteiger partial charge < -0.3 is 15.0 Å². The average molecular weight is 496 g/mol. The van der Waals surface area contributed by atoms with Crippen LogP contribution in [-0.4, -0.2) is 51.7 Å². The highest BCUT2D eigenvalue weighted by Crippen LogP contribution is 2.25. The lowest BCUT2D eigenvalue weighted by Gasteiger charge is -2.24. The first-order chi connectivity index (χ1) is 16.9. The number of pyridine rings is 2. The van der Waals surface area contributed by atoms with Crippen LogP contribution in [0.4, 0.5) is 16.3 Å². The molecule has 3 amide bonds. The highest BCUT2D eigenvalue weighted by atomic mass is 35.5. The van der Waals surface area contributed by atoms with E-state index in [0.29, 0.717) is 35.2 Å². The predicted octanol–water partition coefficient (Wildman–Crippen LogP) is 3.84. The molecule has 35 heavy (non-hydrogen) atoms. The van der Waals surface area contributed by atoms with Gasteiger partial charge in [-0.3, -0.25) is 19.5 Å². The Morgan fingerprint density at radius 2 is 2.00 bits per heavy atom. The highest BCUT2D eigenvalue weighted by molar-refractivity contribution is 6.30. The number of ether oxygens (including phenoxy) is 1. The van der Waals surface area contributed by atoms with Gasteiger partial charge in [0.15, 0.2) is 0 Å². The van der Waals surface area contributed by atoms with Crippen molar-refractivity contribution in [3.63, 3.8) is 0 Å². The number of nitrogens with one attached hydrogen (secondary N) is 2. The first kappa shape index (κ1) is 24.4. The Bertz CT molecular complexity index is 1280. The van der Waals surface area contributed by atoms with Crippen molar-refractivity contribution in [2.45, 2.75) is 32.4 Å². The molecule has 0 unspecified atom stereocenters. The molecular weight excluding hydrogens is 470 g/mol. The van der Waals surface area contributed by atoms with Gasteiger partial charge in [-0.1, -0.05) is 17.7 Å². The molecule has 0 bridgehead atoms. The molecule has 2 aromatic heterocycles. The summed E-state index contributed by atoms with van der Waals surface area (Å²) in [5.41, 5.74) is 1.93. The van der Waals surface area contributed by atoms with Gasteiger partial charge in [-0.15, -0.1) is 0 Å². The predicted molar refractivity (Wildman–Crippen MR) is 134 cm³/mol. The number of aromatic nitrogens is 2. The molecule has 0 aliphatic carbocycles. The zero-order valence-corrected chi connectivity index (χ0v) is 20.2. The van der Waals surface area contributed by atoms with Crippen molar-refractivity contribution in [2.75, 3.05) is 23.8 Å². The molecule has 2 N–H and O–H groups in total. The van der Waals surface area contributed by atoms with E-state index in [9.17, 15) is 14.4 Å². The number of benzene rings is 1. The minimum absolute atomic E-state index is 0.145. The van der Waals surface area contributed by atoms with Gasteiger partial charge in [0.05, 0.1) is 11.1 Å². The Morgan fingerprint density at radius 1 is 1.17 bits per heavy atom. The van der Waals surface area contributed by atoms with Crippen molar-refractivity contribution in [1.82, 2.24) is 14.5 Å². The number of carbonyl (C=O) groups excluding carboxylic acids is 2. The fraction of sp³-hybridized carbons (Fsp3) is 0.280. The van der Waals surface area contributed by atoms with Crippen LogP contribution in [0.2, 0.25) is 5.02 Å². The molecule has 2 atom stereocenters. The quantitative estimate of drug-likeness (QED) is 0.540. The van der Waals surface area contributed by atoms with Gasteiger partial charge in [-0.25, -0.2) is 9.78 Å². The van der Waals surface area contributed by atoms with Gasteiger partial charge in [0.2, 0.25) is 5.91 Å². The van der Waals surface area contributed by atoms with E-state index in [-0.39, 0.29) is 24.1 Å². The van der Waals surface area contributed by atoms with E-state index < -0.39 is 12.1 Å². The van der Waals surface area contributed by atoms with Crippen LogP contribution in [0.5, 0.6) is 0 Å². The monoisotopic (exact) mass is 495 g/mol. The van der Waals surface area contributed by atoms with Crippen LogP contribution in [0, 0.1) is 6.92 Å². The van der Waals surface area contributed by atoms with Crippen LogP contribution in [0.3, 0.4) is 0 Å². The van der Waals surface area contributed by atoms with Crippen molar-refractivity contribution in [3.8, 4) is 5.69 Å². The zero-order valence-electron chi connectivity index (χ0n) is 19.4. The number of hydrogen-bond acceptors (Lipinski definition) is 5. The Balaban J connectivity index is 1.50. The molecule has 0 saturated carbocycles. The maximum atomic E-state index is 13.3. The summed E-state index contributed by atoms with van der Waals surface area (Å²) in [5, 5.41) is 6.10. The third-order valence-electron chi connectivity index (χ3n) is 5.76. The van der Waals surface area contributed by atoms with Crippen molar-refractivity contribution in [2.24, 2.45) is 0 Å². The molecule has 1 aliphatic heterocycles. The zero-order chi connectivity index (χ0) is 24.9. The van der Waals surface area contributed by atoms with E-state index in [0.717, 1.165) is 5.56 Å². The van der Waals surface area contributed by atoms with Gasteiger partial charge in [0.1, 0.15) is 11.9 Å². The van der Waals surface area contributed by atoms with Crippen LogP contribution < -0.4 is 16.2 Å². The van der Waals surface area contributed by atoms with Gasteiger partial charge in [-0.05, 0) is 55.8 Å². The largest absolute Gasteiger partial charge is 0.377 e. The molecule has 3 heterocycles. The fourth-order valence-corrected chi connectivity index (χ4v) is 4.16. The van der Waals surface area contributed by atoms with Crippen LogP contribution in [-0.2, 0) is 9.53 Å². The summed E-state index contributed by atoms with van der Waals surface area (Å²) in [7, 11) is 0. The maximum absolute atomic E-state index is 13.3. The number of carbonyl (C=O) groups is 2. The van der Waals surface area contributed by atoms with Crippen LogP contribution in [0.25, 0.3) is 5.69 Å². The van der Waals surface area contributed by atoms with Gasteiger partial charge in [-0.2, -0.15) is 0 Å². The lowest BCUT2D eigenvalue weighted by atomic mass is 10.1. The van der Waals surface area contributed by atoms with E-state index in [1.165, 1.54) is 21.7 Å². The minimum atomic E-state index is -0.727. The SMILES string of the molecule is CCO[C@@H]1C[C@H](C(=O)Nc2ccc(-n3ccccc3=O)cc2C)N(C(=O)Nc2ccc(Cl)cn2)C1. The second kappa shape index (κ2) is 10.7. The maximum Gasteiger partial charge on any atom is 0.323 e. The molecule has 4 rings (SSSR count). The van der Waals surface area contributed by atoms with Crippen molar-refractivity contribution in [3.05, 3.63) is 81.9 Å². The summed E-state index contributed by atoms with van der Waals surface area (Å²) in [6.07, 6.45) is 3.24. The highest BCUT2D eigenvalue weighted by Gasteiger charge is 2.40. The third kappa shape index (κ3) is 5.70. The molecule has 182 valence electrons. The number of halogens is 1. The van der Waals surface area contributed by atoms with Gasteiger partial charge in [0.25, 0.3) is 5.56 Å². The Morgan fingerprint density at radius 3 is 2.69 bits per heavy atom. The minimum Gasteiger partial charge on any atom is -0.377 e. The molecular formula is C25H26ClN5O4. The molecule has 1 aromatic carbocycles. The molecule has 1 aliphatic rings. The smallest absolute Gasteiger partial charge is 0.323 e. The topological polar surface area (TPSA) is 106 Å². The summed E-state index contributed by atoms with van der Waals surface area (Å²) in [6, 6.07) is 12.3. The first-order valence-electron chi connectivity index (χ1n) is 11.3. The molecule has 1 fully saturated rings. The molecule has 3 aromatic rings.